The zero-order valence-corrected chi connectivity index (χ0v) is 11.1. The summed E-state index contributed by atoms with van der Waals surface area (Å²) in [4.78, 5) is 22.7. The Morgan fingerprint density at radius 2 is 2.00 bits per heavy atom. The highest BCUT2D eigenvalue weighted by atomic mass is 19.1. The molecular formula is C14H17FO4. The zero-order chi connectivity index (χ0) is 14.3. The number of carbonyl (C=O) groups excluding carboxylic acids is 2. The molecule has 0 unspecified atom stereocenters. The number of carbonyl (C=O) groups is 2. The normalized spacial score (nSPS) is 10.1. The molecule has 0 heterocycles. The largest absolute Gasteiger partial charge is 0.497 e. The third-order valence-corrected chi connectivity index (χ3v) is 2.56. The van der Waals surface area contributed by atoms with E-state index in [1.54, 1.807) is 13.0 Å². The SMILES string of the molecule is CCOC(=O)CCC(=O)Cc1ccc(OC)cc1F. The quantitative estimate of drug-likeness (QED) is 0.712. The van der Waals surface area contributed by atoms with E-state index in [1.165, 1.54) is 19.2 Å². The minimum atomic E-state index is -0.483. The van der Waals surface area contributed by atoms with E-state index in [-0.39, 0.29) is 25.0 Å². The summed E-state index contributed by atoms with van der Waals surface area (Å²) in [6, 6.07) is 4.33. The maximum absolute atomic E-state index is 13.6. The molecule has 1 rings (SSSR count). The molecule has 19 heavy (non-hydrogen) atoms. The first-order valence-electron chi connectivity index (χ1n) is 6.06. The summed E-state index contributed by atoms with van der Waals surface area (Å²) in [5, 5.41) is 0. The average Bonchev–Trinajstić information content (AvgIpc) is 2.39. The van der Waals surface area contributed by atoms with Gasteiger partial charge in [0.2, 0.25) is 0 Å². The van der Waals surface area contributed by atoms with Crippen molar-refractivity contribution in [2.75, 3.05) is 13.7 Å². The fourth-order valence-corrected chi connectivity index (χ4v) is 1.57. The van der Waals surface area contributed by atoms with Gasteiger partial charge in [0.25, 0.3) is 0 Å². The van der Waals surface area contributed by atoms with Crippen LogP contribution in [0.2, 0.25) is 0 Å². The number of hydrogen-bond donors (Lipinski definition) is 0. The monoisotopic (exact) mass is 268 g/mol. The fourth-order valence-electron chi connectivity index (χ4n) is 1.57. The van der Waals surface area contributed by atoms with Crippen molar-refractivity contribution in [1.82, 2.24) is 0 Å². The summed E-state index contributed by atoms with van der Waals surface area (Å²) in [5.74, 6) is -0.688. The van der Waals surface area contributed by atoms with Crippen LogP contribution in [0.3, 0.4) is 0 Å². The lowest BCUT2D eigenvalue weighted by atomic mass is 10.1. The molecular weight excluding hydrogens is 251 g/mol. The van der Waals surface area contributed by atoms with E-state index in [9.17, 15) is 14.0 Å². The number of rotatable bonds is 7. The van der Waals surface area contributed by atoms with E-state index in [0.717, 1.165) is 0 Å². The van der Waals surface area contributed by atoms with Crippen molar-refractivity contribution >= 4 is 11.8 Å². The number of ketones is 1. The van der Waals surface area contributed by atoms with Crippen LogP contribution >= 0.6 is 0 Å². The first-order valence-corrected chi connectivity index (χ1v) is 6.06. The molecule has 0 bridgehead atoms. The van der Waals surface area contributed by atoms with Crippen LogP contribution in [0.15, 0.2) is 18.2 Å². The highest BCUT2D eigenvalue weighted by Gasteiger charge is 2.11. The molecule has 0 fully saturated rings. The van der Waals surface area contributed by atoms with Crippen LogP contribution in [0.4, 0.5) is 4.39 Å². The van der Waals surface area contributed by atoms with Crippen LogP contribution in [0.25, 0.3) is 0 Å². The van der Waals surface area contributed by atoms with E-state index in [1.807, 2.05) is 0 Å². The summed E-state index contributed by atoms with van der Waals surface area (Å²) >= 11 is 0. The Labute approximate surface area is 111 Å². The van der Waals surface area contributed by atoms with Crippen LogP contribution in [0, 0.1) is 5.82 Å². The van der Waals surface area contributed by atoms with Gasteiger partial charge in [-0.2, -0.15) is 0 Å². The number of halogens is 1. The molecule has 0 aliphatic heterocycles. The molecule has 0 aliphatic carbocycles. The van der Waals surface area contributed by atoms with Gasteiger partial charge in [-0.1, -0.05) is 6.07 Å². The summed E-state index contributed by atoms with van der Waals surface area (Å²) < 4.78 is 23.2. The van der Waals surface area contributed by atoms with Crippen molar-refractivity contribution < 1.29 is 23.5 Å². The molecule has 5 heteroatoms. The predicted molar refractivity (Wildman–Crippen MR) is 67.5 cm³/mol. The molecule has 0 spiro atoms. The second kappa shape index (κ2) is 7.51. The van der Waals surface area contributed by atoms with E-state index < -0.39 is 11.8 Å². The van der Waals surface area contributed by atoms with Crippen LogP contribution in [0.1, 0.15) is 25.3 Å². The topological polar surface area (TPSA) is 52.6 Å². The second-order valence-electron chi connectivity index (χ2n) is 3.98. The van der Waals surface area contributed by atoms with E-state index in [2.05, 4.69) is 0 Å². The minimum Gasteiger partial charge on any atom is -0.497 e. The van der Waals surface area contributed by atoms with Gasteiger partial charge in [-0.15, -0.1) is 0 Å². The number of hydrogen-bond acceptors (Lipinski definition) is 4. The highest BCUT2D eigenvalue weighted by molar-refractivity contribution is 5.84. The van der Waals surface area contributed by atoms with Gasteiger partial charge in [-0.3, -0.25) is 9.59 Å². The lowest BCUT2D eigenvalue weighted by molar-refractivity contribution is -0.144. The number of methoxy groups -OCH3 is 1. The van der Waals surface area contributed by atoms with Gasteiger partial charge in [-0.05, 0) is 18.6 Å². The van der Waals surface area contributed by atoms with Crippen LogP contribution in [0.5, 0.6) is 5.75 Å². The number of benzene rings is 1. The van der Waals surface area contributed by atoms with Crippen molar-refractivity contribution in [3.05, 3.63) is 29.6 Å². The van der Waals surface area contributed by atoms with Gasteiger partial charge in [0.1, 0.15) is 17.3 Å². The maximum Gasteiger partial charge on any atom is 0.306 e. The molecule has 4 nitrogen and oxygen atoms in total. The Bertz CT molecular complexity index is 457. The van der Waals surface area contributed by atoms with Crippen LogP contribution in [-0.4, -0.2) is 25.5 Å². The molecule has 0 atom stereocenters. The average molecular weight is 268 g/mol. The molecule has 0 saturated heterocycles. The fraction of sp³-hybridized carbons (Fsp3) is 0.429. The van der Waals surface area contributed by atoms with E-state index in [4.69, 9.17) is 9.47 Å². The van der Waals surface area contributed by atoms with Gasteiger partial charge in [0, 0.05) is 18.9 Å². The summed E-state index contributed by atoms with van der Waals surface area (Å²) in [5.41, 5.74) is 0.301. The first-order chi connectivity index (χ1) is 9.06. The molecule has 1 aromatic carbocycles. The number of esters is 1. The smallest absolute Gasteiger partial charge is 0.306 e. The van der Waals surface area contributed by atoms with Crippen molar-refractivity contribution in [2.45, 2.75) is 26.2 Å². The lowest BCUT2D eigenvalue weighted by Gasteiger charge is -2.05. The summed E-state index contributed by atoms with van der Waals surface area (Å²) in [7, 11) is 1.44. The standard InChI is InChI=1S/C14H17FO4/c1-3-19-14(17)7-5-11(16)8-10-4-6-12(18-2)9-13(10)15/h4,6,9H,3,5,7-8H2,1-2H3. The first kappa shape index (κ1) is 15.1. The van der Waals surface area contributed by atoms with Gasteiger partial charge >= 0.3 is 5.97 Å². The third-order valence-electron chi connectivity index (χ3n) is 2.56. The molecule has 0 radical (unpaired) electrons. The molecule has 104 valence electrons. The Hall–Kier alpha value is -1.91. The van der Waals surface area contributed by atoms with Gasteiger partial charge in [0.05, 0.1) is 20.1 Å². The molecule has 0 aromatic heterocycles. The van der Waals surface area contributed by atoms with E-state index >= 15 is 0 Å². The Kier molecular flexibility index (Phi) is 5.99. The highest BCUT2D eigenvalue weighted by Crippen LogP contribution is 2.17. The van der Waals surface area contributed by atoms with Crippen molar-refractivity contribution in [3.8, 4) is 5.75 Å². The molecule has 1 aromatic rings. The minimum absolute atomic E-state index is 0.0322. The summed E-state index contributed by atoms with van der Waals surface area (Å²) in [6.07, 6.45) is 0.0595. The molecule has 0 N–H and O–H groups in total. The Balaban J connectivity index is 2.50. The van der Waals surface area contributed by atoms with Crippen LogP contribution in [-0.2, 0) is 20.7 Å². The van der Waals surface area contributed by atoms with Gasteiger partial charge in [0.15, 0.2) is 0 Å². The predicted octanol–water partition coefficient (Wildman–Crippen LogP) is 2.29. The third kappa shape index (κ3) is 5.07. The van der Waals surface area contributed by atoms with Crippen LogP contribution < -0.4 is 4.74 Å². The number of ether oxygens (including phenoxy) is 2. The van der Waals surface area contributed by atoms with Crippen molar-refractivity contribution in [1.29, 1.82) is 0 Å². The van der Waals surface area contributed by atoms with Crippen molar-refractivity contribution in [2.24, 2.45) is 0 Å². The van der Waals surface area contributed by atoms with Crippen molar-refractivity contribution in [3.63, 3.8) is 0 Å². The van der Waals surface area contributed by atoms with Gasteiger partial charge < -0.3 is 9.47 Å². The number of Topliss-reactive ketones (excluding diaryl/α,β-unsaturated/α-hetero) is 1. The Morgan fingerprint density at radius 1 is 1.26 bits per heavy atom. The van der Waals surface area contributed by atoms with Gasteiger partial charge in [-0.25, -0.2) is 4.39 Å². The lowest BCUT2D eigenvalue weighted by Crippen LogP contribution is -2.10. The maximum atomic E-state index is 13.6. The van der Waals surface area contributed by atoms with E-state index in [0.29, 0.717) is 17.9 Å². The Morgan fingerprint density at radius 3 is 2.58 bits per heavy atom. The second-order valence-corrected chi connectivity index (χ2v) is 3.98. The summed E-state index contributed by atoms with van der Waals surface area (Å²) in [6.45, 7) is 1.99. The molecule has 0 aliphatic rings. The molecule has 0 saturated carbocycles. The zero-order valence-electron chi connectivity index (χ0n) is 11.1. The molecule has 0 amide bonds.